The maximum atomic E-state index is 5.69. The zero-order valence-corrected chi connectivity index (χ0v) is 8.58. The minimum Gasteiger partial charge on any atom is -0.326 e. The van der Waals surface area contributed by atoms with Crippen LogP contribution in [0.4, 0.5) is 0 Å². The molecule has 1 aromatic carbocycles. The van der Waals surface area contributed by atoms with Crippen molar-refractivity contribution in [3.8, 4) is 0 Å². The lowest BCUT2D eigenvalue weighted by Crippen LogP contribution is -2.38. The Kier molecular flexibility index (Phi) is 3.17. The molecule has 2 N–H and O–H groups in total. The van der Waals surface area contributed by atoms with E-state index in [4.69, 9.17) is 5.73 Å². The van der Waals surface area contributed by atoms with E-state index in [1.165, 1.54) is 37.2 Å². The molecular weight excluding hydrogens is 172 g/mol. The highest BCUT2D eigenvalue weighted by atomic mass is 15.2. The third-order valence-corrected chi connectivity index (χ3v) is 2.98. The zero-order valence-electron chi connectivity index (χ0n) is 8.58. The molecule has 1 aliphatic heterocycles. The Morgan fingerprint density at radius 1 is 1.14 bits per heavy atom. The largest absolute Gasteiger partial charge is 0.326 e. The van der Waals surface area contributed by atoms with Crippen molar-refractivity contribution in [2.45, 2.75) is 19.4 Å². The maximum Gasteiger partial charge on any atom is 0.0180 e. The van der Waals surface area contributed by atoms with Gasteiger partial charge >= 0.3 is 0 Å². The van der Waals surface area contributed by atoms with Crippen molar-refractivity contribution in [3.05, 3.63) is 35.4 Å². The Morgan fingerprint density at radius 2 is 1.86 bits per heavy atom. The quantitative estimate of drug-likeness (QED) is 0.777. The molecule has 0 saturated carbocycles. The van der Waals surface area contributed by atoms with E-state index in [0.29, 0.717) is 6.54 Å². The van der Waals surface area contributed by atoms with Gasteiger partial charge < -0.3 is 10.6 Å². The zero-order chi connectivity index (χ0) is 9.80. The van der Waals surface area contributed by atoms with Crippen molar-refractivity contribution in [2.24, 2.45) is 5.73 Å². The van der Waals surface area contributed by atoms with Gasteiger partial charge in [0.2, 0.25) is 0 Å². The second-order valence-corrected chi connectivity index (χ2v) is 3.92. The Labute approximate surface area is 85.7 Å². The van der Waals surface area contributed by atoms with Crippen LogP contribution in [-0.2, 0) is 13.0 Å². The van der Waals surface area contributed by atoms with Gasteiger partial charge in [0.15, 0.2) is 0 Å². The molecule has 1 heterocycles. The molecule has 1 aliphatic rings. The molecule has 0 bridgehead atoms. The monoisotopic (exact) mass is 190 g/mol. The molecule has 1 fully saturated rings. The van der Waals surface area contributed by atoms with Gasteiger partial charge in [-0.15, -0.1) is 0 Å². The van der Waals surface area contributed by atoms with E-state index < -0.39 is 0 Å². The van der Waals surface area contributed by atoms with E-state index in [1.54, 1.807) is 0 Å². The van der Waals surface area contributed by atoms with Crippen LogP contribution in [0.15, 0.2) is 24.3 Å². The van der Waals surface area contributed by atoms with Crippen LogP contribution >= 0.6 is 0 Å². The fourth-order valence-electron chi connectivity index (χ4n) is 1.88. The smallest absolute Gasteiger partial charge is 0.0180 e. The van der Waals surface area contributed by atoms with Crippen LogP contribution in [0.1, 0.15) is 17.5 Å². The minimum atomic E-state index is 0.663. The van der Waals surface area contributed by atoms with Gasteiger partial charge in [-0.3, -0.25) is 0 Å². The van der Waals surface area contributed by atoms with Gasteiger partial charge in [0.1, 0.15) is 0 Å². The highest BCUT2D eigenvalue weighted by Crippen LogP contribution is 2.12. The van der Waals surface area contributed by atoms with Crippen molar-refractivity contribution >= 4 is 0 Å². The summed E-state index contributed by atoms with van der Waals surface area (Å²) in [6.07, 6.45) is 2.52. The lowest BCUT2D eigenvalue weighted by Gasteiger charge is -2.30. The summed E-state index contributed by atoms with van der Waals surface area (Å²) in [5.74, 6) is 0. The third-order valence-electron chi connectivity index (χ3n) is 2.98. The first-order valence-electron chi connectivity index (χ1n) is 5.39. The van der Waals surface area contributed by atoms with Crippen molar-refractivity contribution in [3.63, 3.8) is 0 Å². The van der Waals surface area contributed by atoms with Gasteiger partial charge in [-0.1, -0.05) is 24.3 Å². The number of rotatable bonds is 4. The van der Waals surface area contributed by atoms with Crippen LogP contribution in [0.25, 0.3) is 0 Å². The molecule has 14 heavy (non-hydrogen) atoms. The second kappa shape index (κ2) is 4.58. The highest BCUT2D eigenvalue weighted by molar-refractivity contribution is 5.27. The normalized spacial score (nSPS) is 16.6. The molecule has 0 aromatic heterocycles. The van der Waals surface area contributed by atoms with E-state index in [1.807, 2.05) is 0 Å². The van der Waals surface area contributed by atoms with Crippen molar-refractivity contribution < 1.29 is 0 Å². The van der Waals surface area contributed by atoms with Crippen LogP contribution < -0.4 is 5.73 Å². The summed E-state index contributed by atoms with van der Waals surface area (Å²) in [5.41, 5.74) is 8.41. The second-order valence-electron chi connectivity index (χ2n) is 3.92. The Morgan fingerprint density at radius 3 is 2.43 bits per heavy atom. The predicted molar refractivity (Wildman–Crippen MR) is 59.1 cm³/mol. The molecule has 76 valence electrons. The third kappa shape index (κ3) is 2.14. The maximum absolute atomic E-state index is 5.69. The molecule has 1 aromatic rings. The van der Waals surface area contributed by atoms with E-state index >= 15 is 0 Å². The summed E-state index contributed by atoms with van der Waals surface area (Å²) in [4.78, 5) is 2.49. The average Bonchev–Trinajstić information content (AvgIpc) is 2.16. The van der Waals surface area contributed by atoms with Gasteiger partial charge in [-0.25, -0.2) is 0 Å². The van der Waals surface area contributed by atoms with Crippen LogP contribution in [0.5, 0.6) is 0 Å². The van der Waals surface area contributed by atoms with E-state index in [-0.39, 0.29) is 0 Å². The molecule has 0 amide bonds. The van der Waals surface area contributed by atoms with Gasteiger partial charge in [-0.05, 0) is 37.1 Å². The van der Waals surface area contributed by atoms with Gasteiger partial charge in [0.05, 0.1) is 0 Å². The molecule has 0 spiro atoms. The summed E-state index contributed by atoms with van der Waals surface area (Å²) < 4.78 is 0. The van der Waals surface area contributed by atoms with Gasteiger partial charge in [0.25, 0.3) is 0 Å². The highest BCUT2D eigenvalue weighted by Gasteiger charge is 2.13. The Balaban J connectivity index is 1.93. The fraction of sp³-hybridized carbons (Fsp3) is 0.500. The van der Waals surface area contributed by atoms with Crippen LogP contribution in [0.2, 0.25) is 0 Å². The first-order valence-corrected chi connectivity index (χ1v) is 5.39. The number of nitrogens with two attached hydrogens (primary N) is 1. The van der Waals surface area contributed by atoms with Crippen molar-refractivity contribution in [1.82, 2.24) is 4.90 Å². The average molecular weight is 190 g/mol. The first kappa shape index (κ1) is 9.69. The molecule has 2 heteroatoms. The number of hydrogen-bond acceptors (Lipinski definition) is 2. The molecule has 0 radical (unpaired) electrons. The summed E-state index contributed by atoms with van der Waals surface area (Å²) >= 11 is 0. The topological polar surface area (TPSA) is 29.3 Å². The van der Waals surface area contributed by atoms with Crippen LogP contribution in [0, 0.1) is 0 Å². The Hall–Kier alpha value is -0.860. The molecule has 0 aliphatic carbocycles. The molecule has 0 atom stereocenters. The number of benzene rings is 1. The van der Waals surface area contributed by atoms with E-state index in [0.717, 1.165) is 6.42 Å². The minimum absolute atomic E-state index is 0.663. The SMILES string of the molecule is NCc1ccccc1CCN1CCC1. The molecular formula is C12H18N2. The fourth-order valence-corrected chi connectivity index (χ4v) is 1.88. The number of hydrogen-bond donors (Lipinski definition) is 1. The van der Waals surface area contributed by atoms with Crippen molar-refractivity contribution in [1.29, 1.82) is 0 Å². The Bertz CT molecular complexity index is 292. The van der Waals surface area contributed by atoms with Crippen LogP contribution in [-0.4, -0.2) is 24.5 Å². The summed E-state index contributed by atoms with van der Waals surface area (Å²) in [5, 5.41) is 0. The standard InChI is InChI=1S/C12H18N2/c13-10-12-5-2-1-4-11(12)6-9-14-7-3-8-14/h1-2,4-5H,3,6-10,13H2. The van der Waals surface area contributed by atoms with E-state index in [9.17, 15) is 0 Å². The molecule has 2 nitrogen and oxygen atoms in total. The molecule has 1 saturated heterocycles. The predicted octanol–water partition coefficient (Wildman–Crippen LogP) is 1.39. The summed E-state index contributed by atoms with van der Waals surface area (Å²) in [6, 6.07) is 8.49. The molecule has 2 rings (SSSR count). The van der Waals surface area contributed by atoms with Gasteiger partial charge in [0, 0.05) is 13.1 Å². The number of likely N-dealkylation sites (tertiary alicyclic amines) is 1. The lowest BCUT2D eigenvalue weighted by atomic mass is 10.0. The number of nitrogens with zero attached hydrogens (tertiary/aromatic N) is 1. The summed E-state index contributed by atoms with van der Waals surface area (Å²) in [7, 11) is 0. The molecule has 0 unspecified atom stereocenters. The van der Waals surface area contributed by atoms with Crippen LogP contribution in [0.3, 0.4) is 0 Å². The van der Waals surface area contributed by atoms with Gasteiger partial charge in [-0.2, -0.15) is 0 Å². The van der Waals surface area contributed by atoms with Crippen molar-refractivity contribution in [2.75, 3.05) is 19.6 Å². The summed E-state index contributed by atoms with van der Waals surface area (Å²) in [6.45, 7) is 4.42. The first-order chi connectivity index (χ1) is 6.90. The van der Waals surface area contributed by atoms with E-state index in [2.05, 4.69) is 29.2 Å². The lowest BCUT2D eigenvalue weighted by molar-refractivity contribution is 0.184.